The van der Waals surface area contributed by atoms with Crippen LogP contribution in [0.15, 0.2) is 11.1 Å². The fourth-order valence-electron chi connectivity index (χ4n) is 13.1. The Bertz CT molecular complexity index is 1430. The van der Waals surface area contributed by atoms with Gasteiger partial charge < -0.3 is 54.7 Å². The normalized spacial score (nSPS) is 52.0. The molecule has 2 aliphatic heterocycles. The second-order valence-electron chi connectivity index (χ2n) is 20.0. The van der Waals surface area contributed by atoms with Crippen LogP contribution in [0.3, 0.4) is 0 Å². The predicted octanol–water partition coefficient (Wildman–Crippen LogP) is 3.10. The van der Waals surface area contributed by atoms with Crippen molar-refractivity contribution in [3.05, 3.63) is 11.1 Å². The van der Waals surface area contributed by atoms with Crippen LogP contribution in [0.2, 0.25) is 0 Å². The first-order valence-corrected chi connectivity index (χ1v) is 20.3. The molecule has 5 fully saturated rings. The maximum absolute atomic E-state index is 14.5. The van der Waals surface area contributed by atoms with Crippen molar-refractivity contribution in [2.24, 2.45) is 44.8 Å². The number of aliphatic hydroxyl groups is 7. The van der Waals surface area contributed by atoms with Crippen molar-refractivity contribution in [1.82, 2.24) is 0 Å². The van der Waals surface area contributed by atoms with E-state index in [0.29, 0.717) is 24.7 Å². The van der Waals surface area contributed by atoms with E-state index in [4.69, 9.17) is 18.9 Å². The van der Waals surface area contributed by atoms with E-state index in [-0.39, 0.29) is 33.7 Å². The summed E-state index contributed by atoms with van der Waals surface area (Å²) in [5.74, 6) is 0.341. The fourth-order valence-corrected chi connectivity index (χ4v) is 13.1. The minimum absolute atomic E-state index is 0.0190. The van der Waals surface area contributed by atoms with Gasteiger partial charge in [-0.05, 0) is 117 Å². The molecular formula is C41H66O12. The minimum Gasteiger partial charge on any atom is -0.432 e. The SMILES string of the molecule is C[C@H]1O[C@@H](O[C@H]2CC[C@]3(C)[C@H]4CCC5=C(CC[C@@]6(C(=O)O[C@H]7O[C@@H](CO)[C@H](O)[C@@H](O)[C@@H]7O)CCC(C)(C)C[C@@H]56)[C@]4(C)CC[C@H]3C2(C)C)[C@@H](O)[C@@H](O)[C@@H]1O. The molecule has 2 heterocycles. The third kappa shape index (κ3) is 6.19. The Kier molecular flexibility index (Phi) is 10.4. The average molecular weight is 751 g/mol. The van der Waals surface area contributed by atoms with E-state index in [1.54, 1.807) is 6.92 Å². The third-order valence-electron chi connectivity index (χ3n) is 16.3. The quantitative estimate of drug-likeness (QED) is 0.124. The smallest absolute Gasteiger partial charge is 0.315 e. The summed E-state index contributed by atoms with van der Waals surface area (Å²) in [6.45, 7) is 15.1. The van der Waals surface area contributed by atoms with Crippen molar-refractivity contribution in [3.63, 3.8) is 0 Å². The zero-order valence-electron chi connectivity index (χ0n) is 32.7. The largest absolute Gasteiger partial charge is 0.432 e. The Labute approximate surface area is 314 Å². The van der Waals surface area contributed by atoms with Gasteiger partial charge in [-0.3, -0.25) is 4.79 Å². The highest BCUT2D eigenvalue weighted by molar-refractivity contribution is 5.79. The second-order valence-corrected chi connectivity index (χ2v) is 20.0. The number of carbonyl (C=O) groups excluding carboxylic acids is 1. The Morgan fingerprint density at radius 3 is 2.11 bits per heavy atom. The third-order valence-corrected chi connectivity index (χ3v) is 16.3. The molecule has 12 heteroatoms. The Hall–Kier alpha value is -1.19. The van der Waals surface area contributed by atoms with Crippen molar-refractivity contribution in [3.8, 4) is 0 Å². The lowest BCUT2D eigenvalue weighted by atomic mass is 9.38. The molecule has 53 heavy (non-hydrogen) atoms. The zero-order valence-corrected chi connectivity index (χ0v) is 32.7. The van der Waals surface area contributed by atoms with Gasteiger partial charge in [0.05, 0.1) is 24.2 Å². The van der Waals surface area contributed by atoms with E-state index in [1.807, 2.05) is 0 Å². The highest BCUT2D eigenvalue weighted by Crippen LogP contribution is 2.72. The number of carbonyl (C=O) groups is 1. The second kappa shape index (κ2) is 13.7. The van der Waals surface area contributed by atoms with Gasteiger partial charge in [0.25, 0.3) is 0 Å². The molecule has 17 atom stereocenters. The number of aliphatic hydroxyl groups excluding tert-OH is 7. The zero-order chi connectivity index (χ0) is 38.6. The van der Waals surface area contributed by atoms with Crippen LogP contribution in [-0.2, 0) is 23.7 Å². The highest BCUT2D eigenvalue weighted by Gasteiger charge is 2.65. The van der Waals surface area contributed by atoms with Crippen LogP contribution >= 0.6 is 0 Å². The molecule has 0 radical (unpaired) electrons. The molecule has 0 unspecified atom stereocenters. The van der Waals surface area contributed by atoms with Gasteiger partial charge in [0, 0.05) is 0 Å². The average Bonchev–Trinajstić information content (AvgIpc) is 3.10. The Morgan fingerprint density at radius 1 is 0.736 bits per heavy atom. The summed E-state index contributed by atoms with van der Waals surface area (Å²) < 4.78 is 24.0. The molecule has 5 aliphatic carbocycles. The van der Waals surface area contributed by atoms with Gasteiger partial charge >= 0.3 is 5.97 Å². The van der Waals surface area contributed by atoms with Crippen LogP contribution in [0.1, 0.15) is 119 Å². The van der Waals surface area contributed by atoms with Crippen molar-refractivity contribution in [2.75, 3.05) is 6.61 Å². The molecule has 3 saturated carbocycles. The molecule has 0 aromatic rings. The molecular weight excluding hydrogens is 684 g/mol. The summed E-state index contributed by atoms with van der Waals surface area (Å²) in [5, 5.41) is 72.7. The van der Waals surface area contributed by atoms with E-state index in [9.17, 15) is 40.5 Å². The summed E-state index contributed by atoms with van der Waals surface area (Å²) >= 11 is 0. The van der Waals surface area contributed by atoms with Crippen LogP contribution in [-0.4, -0.2) is 116 Å². The highest BCUT2D eigenvalue weighted by atomic mass is 16.7. The molecule has 0 aromatic heterocycles. The standard InChI is InChI=1S/C41H66O12/c1-20-28(43)30(45)32(47)34(50-20)52-27-12-14-40(7)25(38(27,4)5)11-13-39(6)22-10-15-41(17-16-37(2,3)18-23(41)21(22)8-9-26(39)40)36(49)53-35-33(48)31(46)29(44)24(19-42)51-35/h20,23-35,42-48H,8-19H2,1-7H3/t20-,23+,24+,25+,26+,27+,28-,29+,30+,31-,32+,33+,34+,35-,39+,40+,41-/m1/s1. The van der Waals surface area contributed by atoms with Crippen LogP contribution in [0, 0.1) is 44.8 Å². The van der Waals surface area contributed by atoms with Crippen molar-refractivity contribution >= 4 is 5.97 Å². The number of hydrogen-bond donors (Lipinski definition) is 7. The summed E-state index contributed by atoms with van der Waals surface area (Å²) in [5.41, 5.74) is 1.93. The molecule has 12 nitrogen and oxygen atoms in total. The number of hydrogen-bond acceptors (Lipinski definition) is 12. The maximum atomic E-state index is 14.5. The van der Waals surface area contributed by atoms with Gasteiger partial charge in [-0.25, -0.2) is 0 Å². The predicted molar refractivity (Wildman–Crippen MR) is 192 cm³/mol. The minimum atomic E-state index is -1.64. The molecule has 7 aliphatic rings. The van der Waals surface area contributed by atoms with E-state index >= 15 is 0 Å². The van der Waals surface area contributed by atoms with Crippen molar-refractivity contribution in [2.45, 2.75) is 187 Å². The molecule has 7 N–H and O–H groups in total. The maximum Gasteiger partial charge on any atom is 0.315 e. The first-order valence-electron chi connectivity index (χ1n) is 20.3. The molecule has 7 rings (SSSR count). The first kappa shape index (κ1) is 40.0. The van der Waals surface area contributed by atoms with Crippen LogP contribution in [0.4, 0.5) is 0 Å². The van der Waals surface area contributed by atoms with Gasteiger partial charge in [0.15, 0.2) is 6.29 Å². The molecule has 0 amide bonds. The van der Waals surface area contributed by atoms with Gasteiger partial charge in [0.1, 0.15) is 42.7 Å². The molecule has 302 valence electrons. The number of rotatable bonds is 5. The van der Waals surface area contributed by atoms with Gasteiger partial charge in [-0.15, -0.1) is 0 Å². The summed E-state index contributed by atoms with van der Waals surface area (Å²) in [4.78, 5) is 14.5. The molecule has 0 aromatic carbocycles. The van der Waals surface area contributed by atoms with Gasteiger partial charge in [-0.2, -0.15) is 0 Å². The van der Waals surface area contributed by atoms with Crippen LogP contribution < -0.4 is 0 Å². The molecule has 2 saturated heterocycles. The van der Waals surface area contributed by atoms with E-state index < -0.39 is 79.4 Å². The summed E-state index contributed by atoms with van der Waals surface area (Å²) in [7, 11) is 0. The number of ether oxygens (including phenoxy) is 4. The van der Waals surface area contributed by atoms with Crippen molar-refractivity contribution < 1.29 is 59.5 Å². The monoisotopic (exact) mass is 750 g/mol. The summed E-state index contributed by atoms with van der Waals surface area (Å²) in [6.07, 6.45) is -3.61. The van der Waals surface area contributed by atoms with E-state index in [1.165, 1.54) is 11.1 Å². The van der Waals surface area contributed by atoms with E-state index in [2.05, 4.69) is 41.5 Å². The lowest BCUT2D eigenvalue weighted by molar-refractivity contribution is -0.323. The number of fused-ring (bicyclic) bond motifs is 6. The Balaban J connectivity index is 1.14. The van der Waals surface area contributed by atoms with E-state index in [0.717, 1.165) is 57.8 Å². The van der Waals surface area contributed by atoms with Crippen LogP contribution in [0.25, 0.3) is 0 Å². The van der Waals surface area contributed by atoms with Crippen LogP contribution in [0.5, 0.6) is 0 Å². The molecule has 0 bridgehead atoms. The lowest BCUT2D eigenvalue weighted by Gasteiger charge is -2.67. The summed E-state index contributed by atoms with van der Waals surface area (Å²) in [6, 6.07) is 0. The van der Waals surface area contributed by atoms with Crippen molar-refractivity contribution in [1.29, 1.82) is 0 Å². The number of esters is 1. The topological polar surface area (TPSA) is 196 Å². The molecule has 0 spiro atoms. The van der Waals surface area contributed by atoms with Gasteiger partial charge in [0.2, 0.25) is 6.29 Å². The lowest BCUT2D eigenvalue weighted by Crippen LogP contribution is -2.63. The Morgan fingerprint density at radius 2 is 1.42 bits per heavy atom. The van der Waals surface area contributed by atoms with Gasteiger partial charge in [-0.1, -0.05) is 52.7 Å². The number of allylic oxidation sites excluding steroid dienone is 2. The first-order chi connectivity index (χ1) is 24.7. The fraction of sp³-hybridized carbons (Fsp3) is 0.927.